The Bertz CT molecular complexity index is 366. The summed E-state index contributed by atoms with van der Waals surface area (Å²) in [4.78, 5) is 2.36. The Kier molecular flexibility index (Phi) is 2.12. The van der Waals surface area contributed by atoms with Gasteiger partial charge < -0.3 is 10.6 Å². The predicted molar refractivity (Wildman–Crippen MR) is 64.5 cm³/mol. The molecule has 0 radical (unpaired) electrons. The molecule has 0 saturated heterocycles. The van der Waals surface area contributed by atoms with Crippen LogP contribution < -0.4 is 10.6 Å². The van der Waals surface area contributed by atoms with Crippen molar-refractivity contribution in [2.45, 2.75) is 31.6 Å². The number of nitrogens with zero attached hydrogens (tertiary/aromatic N) is 2. The predicted octanol–water partition coefficient (Wildman–Crippen LogP) is 2.45. The molecule has 0 atom stereocenters. The van der Waals surface area contributed by atoms with Gasteiger partial charge in [0.05, 0.1) is 0 Å². The van der Waals surface area contributed by atoms with Crippen LogP contribution in [-0.2, 0) is 0 Å². The van der Waals surface area contributed by atoms with Crippen molar-refractivity contribution in [1.29, 1.82) is 0 Å². The van der Waals surface area contributed by atoms with Crippen LogP contribution in [0, 0.1) is 5.92 Å². The molecule has 0 aliphatic heterocycles. The number of rotatable bonds is 4. The van der Waals surface area contributed by atoms with Crippen LogP contribution in [0.5, 0.6) is 0 Å². The Morgan fingerprint density at radius 2 is 2.13 bits per heavy atom. The quantitative estimate of drug-likeness (QED) is 0.852. The normalized spacial score (nSPS) is 20.6. The second-order valence-corrected chi connectivity index (χ2v) is 5.64. The van der Waals surface area contributed by atoms with Crippen LogP contribution in [0.15, 0.2) is 0 Å². The summed E-state index contributed by atoms with van der Waals surface area (Å²) in [6.45, 7) is 1.18. The number of nitrogens with two attached hydrogens (primary N) is 1. The zero-order valence-electron chi connectivity index (χ0n) is 9.07. The van der Waals surface area contributed by atoms with Crippen molar-refractivity contribution in [1.82, 2.24) is 4.37 Å². The first-order valence-corrected chi connectivity index (χ1v) is 6.49. The average Bonchev–Trinajstić information content (AvgIpc) is 3.08. The van der Waals surface area contributed by atoms with Crippen molar-refractivity contribution in [3.05, 3.63) is 5.56 Å². The molecule has 0 aromatic carbocycles. The molecule has 4 heteroatoms. The number of hydrogen-bond donors (Lipinski definition) is 1. The molecule has 0 amide bonds. The monoisotopic (exact) mass is 223 g/mol. The number of anilines is 2. The summed E-state index contributed by atoms with van der Waals surface area (Å²) in [5.74, 6) is 2.41. The summed E-state index contributed by atoms with van der Waals surface area (Å²) >= 11 is 1.57. The van der Waals surface area contributed by atoms with Gasteiger partial charge in [-0.1, -0.05) is 0 Å². The molecule has 2 N–H and O–H groups in total. The fraction of sp³-hybridized carbons (Fsp3) is 0.727. The van der Waals surface area contributed by atoms with Crippen molar-refractivity contribution in [2.24, 2.45) is 5.92 Å². The number of hydrogen-bond acceptors (Lipinski definition) is 4. The summed E-state index contributed by atoms with van der Waals surface area (Å²) in [7, 11) is 2.18. The molecule has 2 aliphatic carbocycles. The van der Waals surface area contributed by atoms with Gasteiger partial charge in [-0.2, -0.15) is 4.37 Å². The lowest BCUT2D eigenvalue weighted by atomic mass is 10.2. The molecule has 1 heterocycles. The molecule has 0 unspecified atom stereocenters. The van der Waals surface area contributed by atoms with Gasteiger partial charge in [-0.05, 0) is 49.1 Å². The first-order valence-electron chi connectivity index (χ1n) is 5.72. The molecule has 1 aromatic rings. The lowest BCUT2D eigenvalue weighted by Gasteiger charge is -2.18. The molecular formula is C11H17N3S. The second kappa shape index (κ2) is 3.37. The molecule has 0 spiro atoms. The van der Waals surface area contributed by atoms with E-state index in [0.717, 1.165) is 11.7 Å². The topological polar surface area (TPSA) is 42.2 Å². The molecule has 0 bridgehead atoms. The third kappa shape index (κ3) is 1.83. The standard InChI is InChI=1S/C11H17N3S/c1-14(6-7-2-3-7)11-9(8-4-5-8)10(12)13-15-11/h7-8H,2-6H2,1H3,(H2,12,13). The Hall–Kier alpha value is -0.770. The summed E-state index contributed by atoms with van der Waals surface area (Å²) in [5.41, 5.74) is 7.28. The smallest absolute Gasteiger partial charge is 0.142 e. The van der Waals surface area contributed by atoms with Crippen molar-refractivity contribution in [3.63, 3.8) is 0 Å². The van der Waals surface area contributed by atoms with E-state index in [1.54, 1.807) is 11.5 Å². The van der Waals surface area contributed by atoms with Crippen LogP contribution in [0.3, 0.4) is 0 Å². The van der Waals surface area contributed by atoms with Crippen molar-refractivity contribution >= 4 is 22.4 Å². The minimum absolute atomic E-state index is 0.709. The van der Waals surface area contributed by atoms with E-state index in [0.29, 0.717) is 5.92 Å². The van der Waals surface area contributed by atoms with Gasteiger partial charge in [0, 0.05) is 19.2 Å². The Morgan fingerprint density at radius 3 is 2.73 bits per heavy atom. The van der Waals surface area contributed by atoms with Crippen molar-refractivity contribution in [3.8, 4) is 0 Å². The fourth-order valence-corrected chi connectivity index (χ4v) is 2.97. The van der Waals surface area contributed by atoms with E-state index < -0.39 is 0 Å². The van der Waals surface area contributed by atoms with E-state index in [1.165, 1.54) is 42.8 Å². The van der Waals surface area contributed by atoms with Gasteiger partial charge in [0.15, 0.2) is 0 Å². The highest BCUT2D eigenvalue weighted by Gasteiger charge is 2.32. The summed E-state index contributed by atoms with van der Waals surface area (Å²) < 4.78 is 4.30. The molecule has 82 valence electrons. The van der Waals surface area contributed by atoms with Gasteiger partial charge in [0.2, 0.25) is 0 Å². The first-order chi connectivity index (χ1) is 7.25. The van der Waals surface area contributed by atoms with Gasteiger partial charge in [-0.3, -0.25) is 0 Å². The molecule has 3 nitrogen and oxygen atoms in total. The van der Waals surface area contributed by atoms with Gasteiger partial charge in [-0.25, -0.2) is 0 Å². The zero-order chi connectivity index (χ0) is 10.4. The van der Waals surface area contributed by atoms with Gasteiger partial charge in [-0.15, -0.1) is 0 Å². The van der Waals surface area contributed by atoms with Crippen LogP contribution in [0.4, 0.5) is 10.8 Å². The maximum Gasteiger partial charge on any atom is 0.142 e. The Morgan fingerprint density at radius 1 is 1.40 bits per heavy atom. The lowest BCUT2D eigenvalue weighted by Crippen LogP contribution is -2.19. The van der Waals surface area contributed by atoms with Gasteiger partial charge >= 0.3 is 0 Å². The van der Waals surface area contributed by atoms with E-state index in [2.05, 4.69) is 16.3 Å². The highest BCUT2D eigenvalue weighted by atomic mass is 32.1. The van der Waals surface area contributed by atoms with Crippen LogP contribution in [0.25, 0.3) is 0 Å². The van der Waals surface area contributed by atoms with Crippen LogP contribution in [0.1, 0.15) is 37.2 Å². The first kappa shape index (κ1) is 9.46. The van der Waals surface area contributed by atoms with E-state index in [4.69, 9.17) is 5.73 Å². The highest BCUT2D eigenvalue weighted by Crippen LogP contribution is 2.49. The average molecular weight is 223 g/mol. The summed E-state index contributed by atoms with van der Waals surface area (Å²) in [6, 6.07) is 0. The number of aromatic nitrogens is 1. The molecule has 3 rings (SSSR count). The van der Waals surface area contributed by atoms with E-state index in [-0.39, 0.29) is 0 Å². The molecule has 1 aromatic heterocycles. The Labute approximate surface area is 94.4 Å². The zero-order valence-corrected chi connectivity index (χ0v) is 9.89. The summed E-state index contributed by atoms with van der Waals surface area (Å²) in [6.07, 6.45) is 5.40. The Balaban J connectivity index is 1.82. The third-order valence-electron chi connectivity index (χ3n) is 3.30. The van der Waals surface area contributed by atoms with Crippen molar-refractivity contribution < 1.29 is 0 Å². The van der Waals surface area contributed by atoms with Crippen LogP contribution >= 0.6 is 11.5 Å². The molecule has 2 aliphatic rings. The van der Waals surface area contributed by atoms with E-state index >= 15 is 0 Å². The van der Waals surface area contributed by atoms with Gasteiger partial charge in [0.1, 0.15) is 10.8 Å². The molecular weight excluding hydrogens is 206 g/mol. The maximum absolute atomic E-state index is 5.94. The van der Waals surface area contributed by atoms with Crippen LogP contribution in [-0.4, -0.2) is 18.0 Å². The second-order valence-electron chi connectivity index (χ2n) is 4.88. The molecule has 2 fully saturated rings. The largest absolute Gasteiger partial charge is 0.383 e. The lowest BCUT2D eigenvalue weighted by molar-refractivity contribution is 0.789. The SMILES string of the molecule is CN(CC1CC1)c1snc(N)c1C1CC1. The fourth-order valence-electron chi connectivity index (χ4n) is 2.10. The van der Waals surface area contributed by atoms with Gasteiger partial charge in [0.25, 0.3) is 0 Å². The highest BCUT2D eigenvalue weighted by molar-refractivity contribution is 7.10. The van der Waals surface area contributed by atoms with E-state index in [1.807, 2.05) is 0 Å². The van der Waals surface area contributed by atoms with Crippen molar-refractivity contribution in [2.75, 3.05) is 24.2 Å². The minimum Gasteiger partial charge on any atom is -0.383 e. The maximum atomic E-state index is 5.94. The van der Waals surface area contributed by atoms with E-state index in [9.17, 15) is 0 Å². The molecule has 2 saturated carbocycles. The van der Waals surface area contributed by atoms with Crippen LogP contribution in [0.2, 0.25) is 0 Å². The third-order valence-corrected chi connectivity index (χ3v) is 4.29. The number of nitrogen functional groups attached to an aromatic ring is 1. The minimum atomic E-state index is 0.709. The summed E-state index contributed by atoms with van der Waals surface area (Å²) in [5, 5.41) is 1.32. The molecule has 15 heavy (non-hydrogen) atoms.